The van der Waals surface area contributed by atoms with Gasteiger partial charge in [0.2, 0.25) is 15.9 Å². The van der Waals surface area contributed by atoms with Gasteiger partial charge in [0.05, 0.1) is 17.1 Å². The second kappa shape index (κ2) is 5.06. The van der Waals surface area contributed by atoms with Gasteiger partial charge in [0.1, 0.15) is 0 Å². The summed E-state index contributed by atoms with van der Waals surface area (Å²) in [5.41, 5.74) is 8.67. The van der Waals surface area contributed by atoms with E-state index >= 15 is 0 Å². The van der Waals surface area contributed by atoms with Gasteiger partial charge < -0.3 is 16.4 Å². The zero-order chi connectivity index (χ0) is 14.0. The number of carbonyl (C=O) groups excluding carboxylic acids is 1. The van der Waals surface area contributed by atoms with Crippen molar-refractivity contribution in [3.05, 3.63) is 17.7 Å². The van der Waals surface area contributed by atoms with Gasteiger partial charge in [-0.05, 0) is 24.1 Å². The molecular formula is C11H16N4O3S. The molecule has 1 amide bonds. The molecule has 104 valence electrons. The Balaban J connectivity index is 2.13. The molecule has 0 spiro atoms. The van der Waals surface area contributed by atoms with Crippen LogP contribution >= 0.6 is 0 Å². The highest BCUT2D eigenvalue weighted by molar-refractivity contribution is 7.89. The topological polar surface area (TPSA) is 127 Å². The van der Waals surface area contributed by atoms with Gasteiger partial charge >= 0.3 is 0 Å². The van der Waals surface area contributed by atoms with E-state index in [9.17, 15) is 13.2 Å². The lowest BCUT2D eigenvalue weighted by Crippen LogP contribution is -2.23. The number of fused-ring (bicyclic) bond motifs is 1. The van der Waals surface area contributed by atoms with Crippen LogP contribution in [0.1, 0.15) is 12.0 Å². The van der Waals surface area contributed by atoms with Crippen molar-refractivity contribution in [3.8, 4) is 0 Å². The van der Waals surface area contributed by atoms with Crippen LogP contribution in [0.25, 0.3) is 0 Å². The maximum Gasteiger partial charge on any atom is 0.224 e. The zero-order valence-electron chi connectivity index (χ0n) is 10.3. The zero-order valence-corrected chi connectivity index (χ0v) is 11.1. The van der Waals surface area contributed by atoms with E-state index in [1.54, 1.807) is 12.1 Å². The molecule has 0 saturated heterocycles. The van der Waals surface area contributed by atoms with Gasteiger partial charge in [-0.1, -0.05) is 0 Å². The Labute approximate surface area is 111 Å². The van der Waals surface area contributed by atoms with Crippen LogP contribution in [0.2, 0.25) is 0 Å². The van der Waals surface area contributed by atoms with E-state index < -0.39 is 10.0 Å². The number of rotatable bonds is 4. The molecule has 0 fully saturated rings. The van der Waals surface area contributed by atoms with Gasteiger partial charge in [-0.15, -0.1) is 0 Å². The summed E-state index contributed by atoms with van der Waals surface area (Å²) in [6, 6.07) is 3.50. The molecule has 1 heterocycles. The van der Waals surface area contributed by atoms with Crippen molar-refractivity contribution in [2.45, 2.75) is 12.8 Å². The Morgan fingerprint density at radius 3 is 2.74 bits per heavy atom. The number of benzene rings is 1. The molecule has 8 heteroatoms. The van der Waals surface area contributed by atoms with E-state index in [1.165, 1.54) is 0 Å². The molecule has 0 aromatic heterocycles. The van der Waals surface area contributed by atoms with E-state index in [4.69, 9.17) is 10.9 Å². The molecule has 0 bridgehead atoms. The van der Waals surface area contributed by atoms with Gasteiger partial charge in [-0.3, -0.25) is 4.79 Å². The first kappa shape index (κ1) is 13.6. The van der Waals surface area contributed by atoms with E-state index in [-0.39, 0.29) is 18.2 Å². The van der Waals surface area contributed by atoms with Crippen molar-refractivity contribution in [3.63, 3.8) is 0 Å². The highest BCUT2D eigenvalue weighted by Crippen LogP contribution is 2.30. The van der Waals surface area contributed by atoms with Crippen molar-refractivity contribution in [2.75, 3.05) is 28.7 Å². The molecule has 1 aromatic rings. The Bertz CT molecular complexity index is 613. The third kappa shape index (κ3) is 3.58. The second-order valence-corrected chi connectivity index (χ2v) is 6.17. The van der Waals surface area contributed by atoms with Crippen molar-refractivity contribution in [2.24, 2.45) is 5.14 Å². The number of carbonyl (C=O) groups is 1. The van der Waals surface area contributed by atoms with E-state index in [2.05, 4.69) is 10.6 Å². The third-order valence-corrected chi connectivity index (χ3v) is 3.65. The number of aryl methyl sites for hydroxylation is 1. The minimum atomic E-state index is -3.51. The standard InChI is InChI=1S/C11H16N4O3S/c12-8-5-7-1-2-11(16)15-9(7)6-10(8)14-3-4-19(13,17)18/h5-6,14H,1-4,12H2,(H,15,16)(H2,13,17,18). The fraction of sp³-hybridized carbons (Fsp3) is 0.364. The first-order chi connectivity index (χ1) is 8.85. The first-order valence-electron chi connectivity index (χ1n) is 5.82. The van der Waals surface area contributed by atoms with Crippen molar-refractivity contribution in [1.29, 1.82) is 0 Å². The number of anilines is 3. The lowest BCUT2D eigenvalue weighted by Gasteiger charge is -2.19. The predicted octanol–water partition coefficient (Wildman–Crippen LogP) is -0.146. The summed E-state index contributed by atoms with van der Waals surface area (Å²) < 4.78 is 21.7. The van der Waals surface area contributed by atoms with Crippen molar-refractivity contribution < 1.29 is 13.2 Å². The second-order valence-electron chi connectivity index (χ2n) is 4.44. The molecule has 2 rings (SSSR count). The summed E-state index contributed by atoms with van der Waals surface area (Å²) in [7, 11) is -3.51. The lowest BCUT2D eigenvalue weighted by molar-refractivity contribution is -0.116. The predicted molar refractivity (Wildman–Crippen MR) is 74.3 cm³/mol. The van der Waals surface area contributed by atoms with Crippen LogP contribution in [0.5, 0.6) is 0 Å². The first-order valence-corrected chi connectivity index (χ1v) is 7.53. The summed E-state index contributed by atoms with van der Waals surface area (Å²) in [5, 5.41) is 10.6. The largest absolute Gasteiger partial charge is 0.397 e. The molecular weight excluding hydrogens is 268 g/mol. The molecule has 6 N–H and O–H groups in total. The van der Waals surface area contributed by atoms with Crippen LogP contribution in [-0.2, 0) is 21.2 Å². The van der Waals surface area contributed by atoms with Crippen LogP contribution in [0.3, 0.4) is 0 Å². The summed E-state index contributed by atoms with van der Waals surface area (Å²) in [6.45, 7) is 0.162. The van der Waals surface area contributed by atoms with Gasteiger partial charge in [0.25, 0.3) is 0 Å². The number of primary sulfonamides is 1. The number of nitrogen functional groups attached to an aromatic ring is 1. The molecule has 19 heavy (non-hydrogen) atoms. The maximum atomic E-state index is 11.3. The van der Waals surface area contributed by atoms with E-state index in [1.807, 2.05) is 0 Å². The Kier molecular flexibility index (Phi) is 3.63. The normalized spacial score (nSPS) is 14.7. The van der Waals surface area contributed by atoms with Crippen molar-refractivity contribution >= 4 is 33.0 Å². The molecule has 1 aromatic carbocycles. The number of hydrogen-bond donors (Lipinski definition) is 4. The monoisotopic (exact) mass is 284 g/mol. The quantitative estimate of drug-likeness (QED) is 0.572. The minimum absolute atomic E-state index is 0.0345. The molecule has 1 aliphatic heterocycles. The number of nitrogens with one attached hydrogen (secondary N) is 2. The Morgan fingerprint density at radius 2 is 2.05 bits per heavy atom. The summed E-state index contributed by atoms with van der Waals surface area (Å²) in [6.07, 6.45) is 1.10. The molecule has 0 unspecified atom stereocenters. The van der Waals surface area contributed by atoms with Gasteiger partial charge in [0, 0.05) is 18.7 Å². The van der Waals surface area contributed by atoms with Gasteiger partial charge in [0.15, 0.2) is 0 Å². The summed E-state index contributed by atoms with van der Waals surface area (Å²) in [5.74, 6) is -0.219. The van der Waals surface area contributed by atoms with Crippen LogP contribution in [0.4, 0.5) is 17.1 Å². The molecule has 0 aliphatic carbocycles. The lowest BCUT2D eigenvalue weighted by atomic mass is 10.0. The maximum absolute atomic E-state index is 11.3. The molecule has 7 nitrogen and oxygen atoms in total. The van der Waals surface area contributed by atoms with Crippen LogP contribution < -0.4 is 21.5 Å². The third-order valence-electron chi connectivity index (χ3n) is 2.87. The van der Waals surface area contributed by atoms with Gasteiger partial charge in [-0.25, -0.2) is 13.6 Å². The number of nitrogens with two attached hydrogens (primary N) is 2. The number of hydrogen-bond acceptors (Lipinski definition) is 5. The molecule has 1 aliphatic rings. The smallest absolute Gasteiger partial charge is 0.224 e. The SMILES string of the molecule is Nc1cc2c(cc1NCCS(N)(=O)=O)NC(=O)CC2. The van der Waals surface area contributed by atoms with Crippen LogP contribution in [0, 0.1) is 0 Å². The fourth-order valence-electron chi connectivity index (χ4n) is 1.93. The van der Waals surface area contributed by atoms with E-state index in [0.717, 1.165) is 5.56 Å². The van der Waals surface area contributed by atoms with Gasteiger partial charge in [-0.2, -0.15) is 0 Å². The number of amides is 1. The molecule has 0 atom stereocenters. The average Bonchev–Trinajstić information content (AvgIpc) is 2.29. The molecule has 0 radical (unpaired) electrons. The van der Waals surface area contributed by atoms with Crippen LogP contribution in [0.15, 0.2) is 12.1 Å². The summed E-state index contributed by atoms with van der Waals surface area (Å²) >= 11 is 0. The average molecular weight is 284 g/mol. The molecule has 0 saturated carbocycles. The highest BCUT2D eigenvalue weighted by Gasteiger charge is 2.16. The number of sulfonamides is 1. The van der Waals surface area contributed by atoms with Crippen molar-refractivity contribution in [1.82, 2.24) is 0 Å². The van der Waals surface area contributed by atoms with Crippen LogP contribution in [-0.4, -0.2) is 26.6 Å². The Morgan fingerprint density at radius 1 is 1.32 bits per heavy atom. The highest BCUT2D eigenvalue weighted by atomic mass is 32.2. The Hall–Kier alpha value is -1.80. The fourth-order valence-corrected chi connectivity index (χ4v) is 2.32. The minimum Gasteiger partial charge on any atom is -0.397 e. The summed E-state index contributed by atoms with van der Waals surface area (Å²) in [4.78, 5) is 11.3. The van der Waals surface area contributed by atoms with E-state index in [0.29, 0.717) is 29.9 Å².